The second-order valence-corrected chi connectivity index (χ2v) is 9.38. The average molecular weight is 332 g/mol. The maximum atomic E-state index is 12.0. The summed E-state index contributed by atoms with van der Waals surface area (Å²) in [4.78, 5) is 14.4. The number of ketones is 1. The van der Waals surface area contributed by atoms with Gasteiger partial charge in [0.2, 0.25) is 0 Å². The largest absolute Gasteiger partial charge is 0.378 e. The molecule has 24 heavy (non-hydrogen) atoms. The van der Waals surface area contributed by atoms with Crippen molar-refractivity contribution >= 4 is 5.78 Å². The van der Waals surface area contributed by atoms with E-state index in [0.717, 1.165) is 43.7 Å². The van der Waals surface area contributed by atoms with Crippen molar-refractivity contribution < 1.29 is 9.53 Å². The summed E-state index contributed by atoms with van der Waals surface area (Å²) in [5.41, 5.74) is 1.99. The van der Waals surface area contributed by atoms with Crippen LogP contribution in [0.3, 0.4) is 0 Å². The average Bonchev–Trinajstić information content (AvgIpc) is 2.86. The molecular weight excluding hydrogens is 298 g/mol. The number of likely N-dealkylation sites (tertiary alicyclic amines) is 1. The summed E-state index contributed by atoms with van der Waals surface area (Å²) in [6.45, 7) is 9.05. The summed E-state index contributed by atoms with van der Waals surface area (Å²) in [6.07, 6.45) is 9.36. The normalized spacial score (nSPS) is 47.8. The molecule has 0 spiro atoms. The Hall–Kier alpha value is -0.830. The van der Waals surface area contributed by atoms with Gasteiger partial charge in [-0.05, 0) is 62.2 Å². The fraction of sp³-hybridized carbons (Fsp3) is 0.857. The minimum absolute atomic E-state index is 0.205. The van der Waals surface area contributed by atoms with Gasteiger partial charge in [0.25, 0.3) is 0 Å². The molecule has 3 heteroatoms. The van der Waals surface area contributed by atoms with Crippen LogP contribution in [0.5, 0.6) is 0 Å². The zero-order valence-electron chi connectivity index (χ0n) is 15.8. The van der Waals surface area contributed by atoms with Crippen LogP contribution in [0.1, 0.15) is 59.3 Å². The van der Waals surface area contributed by atoms with Crippen molar-refractivity contribution in [2.24, 2.45) is 28.6 Å². The summed E-state index contributed by atoms with van der Waals surface area (Å²) in [7, 11) is 2.21. The summed E-state index contributed by atoms with van der Waals surface area (Å²) >= 11 is 0. The van der Waals surface area contributed by atoms with Gasteiger partial charge in [-0.15, -0.1) is 0 Å². The van der Waals surface area contributed by atoms with Crippen LogP contribution in [0.2, 0.25) is 0 Å². The second-order valence-electron chi connectivity index (χ2n) is 9.38. The van der Waals surface area contributed by atoms with Crippen molar-refractivity contribution in [2.45, 2.75) is 65.4 Å². The van der Waals surface area contributed by atoms with Crippen LogP contribution >= 0.6 is 0 Å². The van der Waals surface area contributed by atoms with E-state index >= 15 is 0 Å². The molecule has 3 fully saturated rings. The van der Waals surface area contributed by atoms with Gasteiger partial charge in [0.05, 0.1) is 6.10 Å². The Kier molecular flexibility index (Phi) is 3.87. The van der Waals surface area contributed by atoms with Gasteiger partial charge < -0.3 is 9.64 Å². The lowest BCUT2D eigenvalue weighted by atomic mass is 9.50. The molecule has 1 saturated heterocycles. The molecule has 3 nitrogen and oxygen atoms in total. The van der Waals surface area contributed by atoms with Crippen molar-refractivity contribution in [3.05, 3.63) is 11.8 Å². The van der Waals surface area contributed by atoms with Gasteiger partial charge in [-0.1, -0.05) is 13.8 Å². The van der Waals surface area contributed by atoms with Crippen LogP contribution in [-0.4, -0.2) is 37.0 Å². The van der Waals surface area contributed by atoms with Crippen LogP contribution in [0.15, 0.2) is 11.8 Å². The Balaban J connectivity index is 1.66. The highest BCUT2D eigenvalue weighted by atomic mass is 16.5. The Bertz CT molecular complexity index is 570. The second kappa shape index (κ2) is 5.59. The first-order chi connectivity index (χ1) is 11.4. The fourth-order valence-electron chi connectivity index (χ4n) is 6.93. The van der Waals surface area contributed by atoms with Crippen LogP contribution in [0.4, 0.5) is 0 Å². The molecule has 134 valence electrons. The molecule has 4 rings (SSSR count). The van der Waals surface area contributed by atoms with Crippen LogP contribution in [0.25, 0.3) is 0 Å². The number of hydrogen-bond donors (Lipinski definition) is 0. The lowest BCUT2D eigenvalue weighted by Gasteiger charge is -2.59. The summed E-state index contributed by atoms with van der Waals surface area (Å²) in [6, 6.07) is 0. The first kappa shape index (κ1) is 16.6. The van der Waals surface area contributed by atoms with E-state index in [2.05, 4.69) is 32.7 Å². The maximum Gasteiger partial charge on any atom is 0.157 e. The topological polar surface area (TPSA) is 29.5 Å². The van der Waals surface area contributed by atoms with E-state index in [1.807, 2.05) is 6.08 Å². The first-order valence-electron chi connectivity index (χ1n) is 9.95. The lowest BCUT2D eigenvalue weighted by Crippen LogP contribution is -2.56. The number of piperidine rings is 1. The first-order valence-corrected chi connectivity index (χ1v) is 9.95. The van der Waals surface area contributed by atoms with E-state index in [1.54, 1.807) is 0 Å². The molecule has 0 radical (unpaired) electrons. The molecule has 6 atom stereocenters. The number of fused-ring (bicyclic) bond motifs is 5. The Morgan fingerprint density at radius 3 is 2.83 bits per heavy atom. The van der Waals surface area contributed by atoms with Crippen molar-refractivity contribution in [2.75, 3.05) is 20.2 Å². The highest BCUT2D eigenvalue weighted by Crippen LogP contribution is 2.63. The molecule has 0 bridgehead atoms. The van der Waals surface area contributed by atoms with Crippen molar-refractivity contribution in [1.29, 1.82) is 0 Å². The molecule has 1 aliphatic heterocycles. The van der Waals surface area contributed by atoms with Gasteiger partial charge in [-0.25, -0.2) is 0 Å². The third-order valence-electron chi connectivity index (χ3n) is 8.06. The molecule has 0 N–H and O–H groups in total. The molecule has 1 heterocycles. The number of rotatable bonds is 2. The zero-order chi connectivity index (χ0) is 17.1. The smallest absolute Gasteiger partial charge is 0.157 e. The third kappa shape index (κ3) is 2.30. The predicted molar refractivity (Wildman–Crippen MR) is 95.5 cm³/mol. The zero-order valence-corrected chi connectivity index (χ0v) is 15.8. The predicted octanol–water partition coefficient (Wildman–Crippen LogP) is 4.03. The number of nitrogens with zero attached hydrogens (tertiary/aromatic N) is 1. The third-order valence-corrected chi connectivity index (χ3v) is 8.06. The van der Waals surface area contributed by atoms with E-state index in [1.165, 1.54) is 31.4 Å². The van der Waals surface area contributed by atoms with Crippen LogP contribution in [0, 0.1) is 28.6 Å². The van der Waals surface area contributed by atoms with Gasteiger partial charge in [-0.3, -0.25) is 4.79 Å². The van der Waals surface area contributed by atoms with Gasteiger partial charge >= 0.3 is 0 Å². The van der Waals surface area contributed by atoms with Crippen molar-refractivity contribution in [1.82, 2.24) is 4.90 Å². The molecule has 0 aromatic rings. The van der Waals surface area contributed by atoms with Gasteiger partial charge in [0.1, 0.15) is 0 Å². The molecule has 0 aromatic heterocycles. The molecule has 0 aromatic carbocycles. The molecule has 0 unspecified atom stereocenters. The molecular formula is C21H33NO2. The van der Waals surface area contributed by atoms with E-state index in [-0.39, 0.29) is 5.41 Å². The van der Waals surface area contributed by atoms with Crippen molar-refractivity contribution in [3.63, 3.8) is 0 Å². The molecule has 3 aliphatic carbocycles. The molecule has 4 aliphatic rings. The van der Waals surface area contributed by atoms with Crippen molar-refractivity contribution in [3.8, 4) is 0 Å². The summed E-state index contributed by atoms with van der Waals surface area (Å²) in [5, 5.41) is 0. The summed E-state index contributed by atoms with van der Waals surface area (Å²) in [5.74, 6) is 2.61. The monoisotopic (exact) mass is 331 g/mol. The van der Waals surface area contributed by atoms with E-state index < -0.39 is 0 Å². The Labute approximate surface area is 146 Å². The summed E-state index contributed by atoms with van der Waals surface area (Å²) < 4.78 is 6.04. The quantitative estimate of drug-likeness (QED) is 0.765. The number of hydrogen-bond acceptors (Lipinski definition) is 3. The number of carbonyl (C=O) groups is 1. The molecule has 2 saturated carbocycles. The van der Waals surface area contributed by atoms with E-state index in [4.69, 9.17) is 4.74 Å². The number of carbonyl (C=O) groups excluding carboxylic acids is 1. The van der Waals surface area contributed by atoms with Crippen LogP contribution < -0.4 is 0 Å². The maximum absolute atomic E-state index is 12.0. The highest BCUT2D eigenvalue weighted by Gasteiger charge is 2.59. The SMILES string of the molecule is CCO[C@H]1C[C@H]2[C@@H]3CN(C)C4=CC(=O)CC[C@]4(C)[C@H]3CC[C@]2(C)C1. The Morgan fingerprint density at radius 1 is 1.29 bits per heavy atom. The lowest BCUT2D eigenvalue weighted by molar-refractivity contribution is -0.118. The van der Waals surface area contributed by atoms with Gasteiger partial charge in [0.15, 0.2) is 5.78 Å². The number of allylic oxidation sites excluding steroid dienone is 2. The standard InChI is InChI=1S/C21H33NO2/c1-5-24-15-11-18-16-13-22(4)19-10-14(23)6-9-21(19,3)17(16)7-8-20(18,2)12-15/h10,15-18H,5-9,11-13H2,1-4H3/t15-,16+,17-,18-,20+,21+/m0/s1. The highest BCUT2D eigenvalue weighted by molar-refractivity contribution is 5.91. The molecule has 0 amide bonds. The minimum atomic E-state index is 0.205. The Morgan fingerprint density at radius 2 is 2.08 bits per heavy atom. The van der Waals surface area contributed by atoms with E-state index in [0.29, 0.717) is 17.3 Å². The fourth-order valence-corrected chi connectivity index (χ4v) is 6.93. The van der Waals surface area contributed by atoms with Crippen LogP contribution in [-0.2, 0) is 9.53 Å². The van der Waals surface area contributed by atoms with E-state index in [9.17, 15) is 4.79 Å². The van der Waals surface area contributed by atoms with Gasteiger partial charge in [-0.2, -0.15) is 0 Å². The minimum Gasteiger partial charge on any atom is -0.378 e. The number of ether oxygens (including phenoxy) is 1. The van der Waals surface area contributed by atoms with Gasteiger partial charge in [0, 0.05) is 43.8 Å².